The smallest absolute Gasteiger partial charge is 0.161 e. The molecule has 0 radical (unpaired) electrons. The lowest BCUT2D eigenvalue weighted by molar-refractivity contribution is 0.545. The third kappa shape index (κ3) is 4.48. The Bertz CT molecular complexity index is 857. The standard InChI is InChI=1S/C20H16F5N/c1-2-3-16(21)20(25)14-9-18(23)15(19(24)10-14)7-5-12-4-6-13(11-26)17(22)8-12/h4,6,8-10H,2-3,5,7H2,1H3. The summed E-state index contributed by atoms with van der Waals surface area (Å²) in [6.07, 6.45) is 0.245. The van der Waals surface area contributed by atoms with Crippen molar-refractivity contribution in [2.75, 3.05) is 0 Å². The van der Waals surface area contributed by atoms with Crippen LogP contribution in [0.3, 0.4) is 0 Å². The second-order valence-electron chi connectivity index (χ2n) is 5.81. The molecule has 0 heterocycles. The summed E-state index contributed by atoms with van der Waals surface area (Å²) in [5, 5.41) is 8.68. The van der Waals surface area contributed by atoms with Crippen molar-refractivity contribution >= 4 is 5.83 Å². The van der Waals surface area contributed by atoms with E-state index in [1.165, 1.54) is 12.1 Å². The molecule has 0 aliphatic rings. The fourth-order valence-electron chi connectivity index (χ4n) is 2.53. The normalized spacial score (nSPS) is 11.9. The highest BCUT2D eigenvalue weighted by Crippen LogP contribution is 2.28. The van der Waals surface area contributed by atoms with Gasteiger partial charge in [-0.1, -0.05) is 13.0 Å². The monoisotopic (exact) mass is 365 g/mol. The molecule has 136 valence electrons. The number of allylic oxidation sites excluding steroid dienone is 1. The van der Waals surface area contributed by atoms with E-state index < -0.39 is 34.7 Å². The molecule has 0 atom stereocenters. The minimum Gasteiger partial charge on any atom is -0.209 e. The van der Waals surface area contributed by atoms with Crippen molar-refractivity contribution in [3.63, 3.8) is 0 Å². The van der Waals surface area contributed by atoms with E-state index in [9.17, 15) is 22.0 Å². The molecule has 0 aliphatic carbocycles. The SMILES string of the molecule is CCCC(F)=C(F)c1cc(F)c(CCc2ccc(C#N)c(F)c2)c(F)c1. The second-order valence-corrected chi connectivity index (χ2v) is 5.81. The maximum Gasteiger partial charge on any atom is 0.161 e. The molecular weight excluding hydrogens is 349 g/mol. The molecule has 0 saturated carbocycles. The van der Waals surface area contributed by atoms with Gasteiger partial charge in [0.2, 0.25) is 0 Å². The van der Waals surface area contributed by atoms with Crippen molar-refractivity contribution < 1.29 is 22.0 Å². The molecule has 2 rings (SSSR count). The fourth-order valence-corrected chi connectivity index (χ4v) is 2.53. The molecule has 0 fully saturated rings. The van der Waals surface area contributed by atoms with Gasteiger partial charge >= 0.3 is 0 Å². The van der Waals surface area contributed by atoms with Gasteiger partial charge in [-0.3, -0.25) is 0 Å². The van der Waals surface area contributed by atoms with E-state index >= 15 is 0 Å². The van der Waals surface area contributed by atoms with Crippen LogP contribution in [0.2, 0.25) is 0 Å². The zero-order chi connectivity index (χ0) is 19.3. The van der Waals surface area contributed by atoms with E-state index in [1.54, 1.807) is 13.0 Å². The fraction of sp³-hybridized carbons (Fsp3) is 0.250. The Kier molecular flexibility index (Phi) is 6.51. The largest absolute Gasteiger partial charge is 0.209 e. The lowest BCUT2D eigenvalue weighted by Crippen LogP contribution is -2.01. The Morgan fingerprint density at radius 2 is 1.62 bits per heavy atom. The van der Waals surface area contributed by atoms with E-state index in [0.29, 0.717) is 12.0 Å². The van der Waals surface area contributed by atoms with Gasteiger partial charge in [-0.05, 0) is 49.1 Å². The molecule has 0 saturated heterocycles. The van der Waals surface area contributed by atoms with Crippen LogP contribution in [0.25, 0.3) is 5.83 Å². The van der Waals surface area contributed by atoms with Gasteiger partial charge in [0.1, 0.15) is 29.3 Å². The van der Waals surface area contributed by atoms with Gasteiger partial charge < -0.3 is 0 Å². The first-order valence-corrected chi connectivity index (χ1v) is 8.08. The molecule has 2 aromatic carbocycles. The zero-order valence-corrected chi connectivity index (χ0v) is 14.1. The van der Waals surface area contributed by atoms with Crippen LogP contribution in [0.15, 0.2) is 36.2 Å². The number of aryl methyl sites for hydroxylation is 1. The molecule has 0 aliphatic heterocycles. The number of nitrogens with zero attached hydrogens (tertiary/aromatic N) is 1. The molecule has 6 heteroatoms. The minimum atomic E-state index is -1.27. The number of benzene rings is 2. The Balaban J connectivity index is 2.22. The molecule has 0 bridgehead atoms. The van der Waals surface area contributed by atoms with Crippen molar-refractivity contribution in [2.45, 2.75) is 32.6 Å². The van der Waals surface area contributed by atoms with Crippen LogP contribution in [-0.2, 0) is 12.8 Å². The van der Waals surface area contributed by atoms with Crippen LogP contribution >= 0.6 is 0 Å². The van der Waals surface area contributed by atoms with Gasteiger partial charge in [-0.2, -0.15) is 5.26 Å². The highest BCUT2D eigenvalue weighted by molar-refractivity contribution is 5.61. The van der Waals surface area contributed by atoms with Crippen LogP contribution < -0.4 is 0 Å². The molecule has 2 aromatic rings. The average Bonchev–Trinajstić information content (AvgIpc) is 2.60. The summed E-state index contributed by atoms with van der Waals surface area (Å²) in [4.78, 5) is 0. The first-order chi connectivity index (χ1) is 12.4. The third-order valence-electron chi connectivity index (χ3n) is 3.92. The Morgan fingerprint density at radius 3 is 2.15 bits per heavy atom. The quantitative estimate of drug-likeness (QED) is 0.562. The Labute approximate surface area is 148 Å². The van der Waals surface area contributed by atoms with Crippen LogP contribution in [0.4, 0.5) is 22.0 Å². The summed E-state index contributed by atoms with van der Waals surface area (Å²) >= 11 is 0. The van der Waals surface area contributed by atoms with Gasteiger partial charge in [-0.25, -0.2) is 22.0 Å². The molecule has 1 nitrogen and oxygen atoms in total. The van der Waals surface area contributed by atoms with Crippen molar-refractivity contribution in [3.05, 3.63) is 75.9 Å². The molecular formula is C20H16F5N. The van der Waals surface area contributed by atoms with Gasteiger partial charge in [0.25, 0.3) is 0 Å². The summed E-state index contributed by atoms with van der Waals surface area (Å²) < 4.78 is 69.3. The lowest BCUT2D eigenvalue weighted by atomic mass is 10.0. The average molecular weight is 365 g/mol. The number of hydrogen-bond acceptors (Lipinski definition) is 1. The first-order valence-electron chi connectivity index (χ1n) is 8.08. The summed E-state index contributed by atoms with van der Waals surface area (Å²) in [6, 6.07) is 7.10. The highest BCUT2D eigenvalue weighted by atomic mass is 19.2. The molecule has 0 unspecified atom stereocenters. The van der Waals surface area contributed by atoms with Gasteiger partial charge in [0, 0.05) is 17.5 Å². The topological polar surface area (TPSA) is 23.8 Å². The van der Waals surface area contributed by atoms with Crippen LogP contribution in [0.5, 0.6) is 0 Å². The van der Waals surface area contributed by atoms with Gasteiger partial charge in [0.15, 0.2) is 5.83 Å². The summed E-state index contributed by atoms with van der Waals surface area (Å²) in [5.74, 6) is -5.01. The van der Waals surface area contributed by atoms with Crippen LogP contribution in [0.1, 0.15) is 42.0 Å². The maximum absolute atomic E-state index is 14.2. The van der Waals surface area contributed by atoms with Crippen molar-refractivity contribution in [3.8, 4) is 6.07 Å². The summed E-state index contributed by atoms with van der Waals surface area (Å²) in [5.41, 5.74) is -0.433. The van der Waals surface area contributed by atoms with E-state index in [4.69, 9.17) is 5.26 Å². The molecule has 0 spiro atoms. The van der Waals surface area contributed by atoms with Gasteiger partial charge in [-0.15, -0.1) is 0 Å². The van der Waals surface area contributed by atoms with E-state index in [1.807, 2.05) is 0 Å². The maximum atomic E-state index is 14.2. The summed E-state index contributed by atoms with van der Waals surface area (Å²) in [7, 11) is 0. The second kappa shape index (κ2) is 8.61. The van der Waals surface area contributed by atoms with Gasteiger partial charge in [0.05, 0.1) is 5.56 Å². The number of halogens is 5. The molecule has 0 N–H and O–H groups in total. The lowest BCUT2D eigenvalue weighted by Gasteiger charge is -2.09. The van der Waals surface area contributed by atoms with Crippen LogP contribution in [-0.4, -0.2) is 0 Å². The predicted molar refractivity (Wildman–Crippen MR) is 88.9 cm³/mol. The Hall–Kier alpha value is -2.68. The first kappa shape index (κ1) is 19.6. The number of hydrogen-bond donors (Lipinski definition) is 0. The zero-order valence-electron chi connectivity index (χ0n) is 14.1. The van der Waals surface area contributed by atoms with Crippen molar-refractivity contribution in [2.24, 2.45) is 0 Å². The molecule has 26 heavy (non-hydrogen) atoms. The highest BCUT2D eigenvalue weighted by Gasteiger charge is 2.16. The molecule has 0 amide bonds. The molecule has 0 aromatic heterocycles. The van der Waals surface area contributed by atoms with E-state index in [-0.39, 0.29) is 30.4 Å². The van der Waals surface area contributed by atoms with Crippen molar-refractivity contribution in [1.29, 1.82) is 5.26 Å². The van der Waals surface area contributed by atoms with E-state index in [2.05, 4.69) is 0 Å². The number of nitriles is 1. The summed E-state index contributed by atoms with van der Waals surface area (Å²) in [6.45, 7) is 1.66. The van der Waals surface area contributed by atoms with E-state index in [0.717, 1.165) is 18.2 Å². The Morgan fingerprint density at radius 1 is 0.962 bits per heavy atom. The third-order valence-corrected chi connectivity index (χ3v) is 3.92. The van der Waals surface area contributed by atoms with Crippen LogP contribution in [0, 0.1) is 28.8 Å². The number of rotatable bonds is 6. The van der Waals surface area contributed by atoms with Crippen molar-refractivity contribution in [1.82, 2.24) is 0 Å². The minimum absolute atomic E-state index is 0.0912. The predicted octanol–water partition coefficient (Wildman–Crippen LogP) is 6.17.